The number of nitro benzene ring substituents is 1. The number of phenolic OH excluding ortho intramolecular Hbond substituents is 1. The van der Waals surface area contributed by atoms with E-state index in [2.05, 4.69) is 21.2 Å². The summed E-state index contributed by atoms with van der Waals surface area (Å²) in [4.78, 5) is 22.0. The minimum atomic E-state index is -0.484. The molecule has 0 radical (unpaired) electrons. The van der Waals surface area contributed by atoms with Crippen LogP contribution in [0.4, 0.5) is 5.69 Å². The molecular weight excluding hydrogens is 340 g/mol. The number of nitro groups is 1. The van der Waals surface area contributed by atoms with Crippen molar-refractivity contribution in [3.8, 4) is 5.75 Å². The third-order valence-electron chi connectivity index (χ3n) is 2.80. The first-order valence-corrected chi connectivity index (χ1v) is 6.76. The van der Waals surface area contributed by atoms with E-state index < -0.39 is 10.8 Å². The van der Waals surface area contributed by atoms with Gasteiger partial charge in [0.15, 0.2) is 0 Å². The zero-order valence-electron chi connectivity index (χ0n) is 10.7. The number of nitrogens with one attached hydrogen (secondary N) is 1. The Bertz CT molecular complexity index is 686. The highest BCUT2D eigenvalue weighted by molar-refractivity contribution is 9.10. The number of phenols is 1. The lowest BCUT2D eigenvalue weighted by molar-refractivity contribution is -0.384. The third kappa shape index (κ3) is 3.79. The lowest BCUT2D eigenvalue weighted by Gasteiger charge is -2.07. The maximum Gasteiger partial charge on any atom is 0.269 e. The van der Waals surface area contributed by atoms with Gasteiger partial charge in [-0.1, -0.05) is 28.1 Å². The van der Waals surface area contributed by atoms with Gasteiger partial charge in [0.05, 0.1) is 10.5 Å². The van der Waals surface area contributed by atoms with E-state index in [1.807, 2.05) is 0 Å². The van der Waals surface area contributed by atoms with Crippen LogP contribution in [0.2, 0.25) is 0 Å². The number of hydrogen-bond acceptors (Lipinski definition) is 4. The van der Waals surface area contributed by atoms with E-state index in [0.29, 0.717) is 4.47 Å². The first-order chi connectivity index (χ1) is 9.97. The summed E-state index contributed by atoms with van der Waals surface area (Å²) in [7, 11) is 0. The zero-order chi connectivity index (χ0) is 15.4. The van der Waals surface area contributed by atoms with Gasteiger partial charge in [0.25, 0.3) is 11.6 Å². The van der Waals surface area contributed by atoms with E-state index in [0.717, 1.165) is 5.56 Å². The van der Waals surface area contributed by atoms with Gasteiger partial charge in [-0.15, -0.1) is 0 Å². The Labute approximate surface area is 128 Å². The number of rotatable bonds is 4. The van der Waals surface area contributed by atoms with Crippen LogP contribution >= 0.6 is 15.9 Å². The molecule has 0 aliphatic rings. The van der Waals surface area contributed by atoms with E-state index in [-0.39, 0.29) is 23.5 Å². The summed E-state index contributed by atoms with van der Waals surface area (Å²) < 4.78 is 0.681. The molecule has 2 aromatic carbocycles. The van der Waals surface area contributed by atoms with Crippen LogP contribution in [0.3, 0.4) is 0 Å². The number of aromatic hydroxyl groups is 1. The molecule has 7 heteroatoms. The summed E-state index contributed by atoms with van der Waals surface area (Å²) in [5.74, 6) is -0.536. The van der Waals surface area contributed by atoms with Crippen LogP contribution in [0.25, 0.3) is 0 Å². The van der Waals surface area contributed by atoms with Crippen LogP contribution in [0.15, 0.2) is 46.9 Å². The Morgan fingerprint density at radius 1 is 1.24 bits per heavy atom. The van der Waals surface area contributed by atoms with Crippen molar-refractivity contribution in [2.45, 2.75) is 6.54 Å². The summed E-state index contributed by atoms with van der Waals surface area (Å²) in [6, 6.07) is 10.4. The molecule has 0 spiro atoms. The van der Waals surface area contributed by atoms with E-state index >= 15 is 0 Å². The molecule has 1 amide bonds. The largest absolute Gasteiger partial charge is 0.507 e. The van der Waals surface area contributed by atoms with Gasteiger partial charge >= 0.3 is 0 Å². The van der Waals surface area contributed by atoms with E-state index in [4.69, 9.17) is 0 Å². The van der Waals surface area contributed by atoms with Gasteiger partial charge in [-0.3, -0.25) is 14.9 Å². The molecule has 0 fully saturated rings. The van der Waals surface area contributed by atoms with Crippen LogP contribution in [0.5, 0.6) is 5.75 Å². The monoisotopic (exact) mass is 350 g/mol. The molecule has 0 aliphatic heterocycles. The summed E-state index contributed by atoms with van der Waals surface area (Å²) in [5, 5.41) is 22.8. The summed E-state index contributed by atoms with van der Waals surface area (Å²) in [6.07, 6.45) is 0. The van der Waals surface area contributed by atoms with Crippen LogP contribution in [-0.2, 0) is 6.54 Å². The minimum absolute atomic E-state index is 0.00490. The normalized spacial score (nSPS) is 10.1. The molecule has 2 rings (SSSR count). The standard InChI is InChI=1S/C14H11BrN2O4/c15-10-3-6-13(18)12(7-10)14(19)16-8-9-1-4-11(5-2-9)17(20)21/h1-7,18H,8H2,(H,16,19). The van der Waals surface area contributed by atoms with Gasteiger partial charge in [0, 0.05) is 23.2 Å². The molecule has 0 aliphatic carbocycles. The lowest BCUT2D eigenvalue weighted by Crippen LogP contribution is -2.22. The molecule has 108 valence electrons. The summed E-state index contributed by atoms with van der Waals surface area (Å²) in [5.41, 5.74) is 0.879. The number of halogens is 1. The zero-order valence-corrected chi connectivity index (χ0v) is 12.3. The van der Waals surface area contributed by atoms with Crippen molar-refractivity contribution in [2.24, 2.45) is 0 Å². The minimum Gasteiger partial charge on any atom is -0.507 e. The number of carbonyl (C=O) groups excluding carboxylic acids is 1. The molecule has 0 unspecified atom stereocenters. The van der Waals surface area contributed by atoms with Crippen LogP contribution in [0, 0.1) is 10.1 Å². The Kier molecular flexibility index (Phi) is 4.54. The highest BCUT2D eigenvalue weighted by Gasteiger charge is 2.11. The Morgan fingerprint density at radius 2 is 1.90 bits per heavy atom. The van der Waals surface area contributed by atoms with Crippen LogP contribution < -0.4 is 5.32 Å². The van der Waals surface area contributed by atoms with Gasteiger partial charge in [0.2, 0.25) is 0 Å². The molecule has 21 heavy (non-hydrogen) atoms. The number of carbonyl (C=O) groups is 1. The number of non-ortho nitro benzene ring substituents is 1. The molecule has 2 N–H and O–H groups in total. The maximum absolute atomic E-state index is 12.0. The fourth-order valence-electron chi connectivity index (χ4n) is 1.70. The van der Waals surface area contributed by atoms with Crippen molar-refractivity contribution in [1.29, 1.82) is 0 Å². The van der Waals surface area contributed by atoms with Gasteiger partial charge in [-0.25, -0.2) is 0 Å². The molecule has 0 saturated heterocycles. The molecule has 0 atom stereocenters. The second kappa shape index (κ2) is 6.36. The second-order valence-corrected chi connectivity index (χ2v) is 5.18. The topological polar surface area (TPSA) is 92.5 Å². The molecule has 0 bridgehead atoms. The predicted molar refractivity (Wildman–Crippen MR) is 80.1 cm³/mol. The highest BCUT2D eigenvalue weighted by Crippen LogP contribution is 2.21. The van der Waals surface area contributed by atoms with Crippen molar-refractivity contribution >= 4 is 27.5 Å². The second-order valence-electron chi connectivity index (χ2n) is 4.27. The number of amides is 1. The number of nitrogens with zero attached hydrogens (tertiary/aromatic N) is 1. The molecule has 0 saturated carbocycles. The van der Waals surface area contributed by atoms with Crippen molar-refractivity contribution < 1.29 is 14.8 Å². The molecule has 0 aromatic heterocycles. The van der Waals surface area contributed by atoms with Gasteiger partial charge in [0.1, 0.15) is 5.75 Å². The third-order valence-corrected chi connectivity index (χ3v) is 3.30. The predicted octanol–water partition coefficient (Wildman–Crippen LogP) is 2.99. The number of benzene rings is 2. The van der Waals surface area contributed by atoms with Crippen molar-refractivity contribution in [2.75, 3.05) is 0 Å². The first-order valence-electron chi connectivity index (χ1n) is 5.97. The SMILES string of the molecule is O=C(NCc1ccc([N+](=O)[O-])cc1)c1cc(Br)ccc1O. The smallest absolute Gasteiger partial charge is 0.269 e. The van der Waals surface area contributed by atoms with E-state index in [1.54, 1.807) is 18.2 Å². The average molecular weight is 351 g/mol. The quantitative estimate of drug-likeness (QED) is 0.654. The molecule has 2 aromatic rings. The molecular formula is C14H11BrN2O4. The van der Waals surface area contributed by atoms with Crippen LogP contribution in [0.1, 0.15) is 15.9 Å². The van der Waals surface area contributed by atoms with E-state index in [1.165, 1.54) is 24.3 Å². The average Bonchev–Trinajstić information content (AvgIpc) is 2.47. The van der Waals surface area contributed by atoms with Gasteiger partial charge < -0.3 is 10.4 Å². The van der Waals surface area contributed by atoms with Crippen molar-refractivity contribution in [3.05, 3.63) is 68.2 Å². The van der Waals surface area contributed by atoms with Gasteiger partial charge in [-0.2, -0.15) is 0 Å². The van der Waals surface area contributed by atoms with Crippen molar-refractivity contribution in [3.63, 3.8) is 0 Å². The van der Waals surface area contributed by atoms with E-state index in [9.17, 15) is 20.0 Å². The molecule has 6 nitrogen and oxygen atoms in total. The van der Waals surface area contributed by atoms with Crippen molar-refractivity contribution in [1.82, 2.24) is 5.32 Å². The Balaban J connectivity index is 2.04. The van der Waals surface area contributed by atoms with Crippen LogP contribution in [-0.4, -0.2) is 15.9 Å². The fraction of sp³-hybridized carbons (Fsp3) is 0.0714. The number of hydrogen-bond donors (Lipinski definition) is 2. The molecule has 0 heterocycles. The van der Waals surface area contributed by atoms with Gasteiger partial charge in [-0.05, 0) is 23.8 Å². The first kappa shape index (κ1) is 15.0. The summed E-state index contributed by atoms with van der Waals surface area (Å²) in [6.45, 7) is 0.211. The highest BCUT2D eigenvalue weighted by atomic mass is 79.9. The lowest BCUT2D eigenvalue weighted by atomic mass is 10.1. The summed E-state index contributed by atoms with van der Waals surface area (Å²) >= 11 is 3.23. The Morgan fingerprint density at radius 3 is 2.52 bits per heavy atom. The Hall–Kier alpha value is -2.41. The fourth-order valence-corrected chi connectivity index (χ4v) is 2.06. The maximum atomic E-state index is 12.0.